The minimum absolute atomic E-state index is 0.178. The van der Waals surface area contributed by atoms with Crippen LogP contribution in [0.3, 0.4) is 0 Å². The van der Waals surface area contributed by atoms with E-state index in [2.05, 4.69) is 4.72 Å². The lowest BCUT2D eigenvalue weighted by Crippen LogP contribution is -2.41. The Labute approximate surface area is 126 Å². The fraction of sp³-hybridized carbons (Fsp3) is 0.500. The van der Waals surface area contributed by atoms with Gasteiger partial charge in [-0.05, 0) is 38.5 Å². The Balaban J connectivity index is 2.94. The quantitative estimate of drug-likeness (QED) is 0.837. The lowest BCUT2D eigenvalue weighted by molar-refractivity contribution is -0.0757. The summed E-state index contributed by atoms with van der Waals surface area (Å²) < 4.78 is 26.7. The van der Waals surface area contributed by atoms with Gasteiger partial charge >= 0.3 is 0 Å². The van der Waals surface area contributed by atoms with E-state index in [1.54, 1.807) is 45.0 Å². The molecule has 0 saturated carbocycles. The summed E-state index contributed by atoms with van der Waals surface area (Å²) in [6.07, 6.45) is 0. The summed E-state index contributed by atoms with van der Waals surface area (Å²) in [5.41, 5.74) is 0.382. The van der Waals surface area contributed by atoms with Crippen molar-refractivity contribution in [3.8, 4) is 0 Å². The van der Waals surface area contributed by atoms with Crippen molar-refractivity contribution in [3.63, 3.8) is 0 Å². The molecule has 0 aliphatic heterocycles. The number of hydrogen-bond donors (Lipinski definition) is 1. The van der Waals surface area contributed by atoms with E-state index in [9.17, 15) is 13.2 Å². The molecule has 0 unspecified atom stereocenters. The number of sulfonamides is 1. The van der Waals surface area contributed by atoms with Gasteiger partial charge in [-0.1, -0.05) is 12.1 Å². The number of nitrogens with one attached hydrogen (secondary N) is 1. The Morgan fingerprint density at radius 2 is 1.95 bits per heavy atom. The molecule has 21 heavy (non-hydrogen) atoms. The van der Waals surface area contributed by atoms with Gasteiger partial charge in [0.1, 0.15) is 0 Å². The molecule has 118 valence electrons. The largest absolute Gasteiger partial charge is 0.277 e. The number of benzene rings is 1. The monoisotopic (exact) mass is 314 g/mol. The minimum atomic E-state index is -3.47. The molecule has 1 rings (SSSR count). The first kappa shape index (κ1) is 17.6. The van der Waals surface area contributed by atoms with Crippen LogP contribution in [0.2, 0.25) is 0 Å². The molecule has 1 aromatic rings. The van der Waals surface area contributed by atoms with Crippen LogP contribution >= 0.6 is 0 Å². The number of rotatable bonds is 5. The van der Waals surface area contributed by atoms with Crippen molar-refractivity contribution in [2.45, 2.75) is 32.1 Å². The van der Waals surface area contributed by atoms with Gasteiger partial charge in [0.25, 0.3) is 5.91 Å². The summed E-state index contributed by atoms with van der Waals surface area (Å²) in [5.74, 6) is -0.511. The molecule has 0 heterocycles. The van der Waals surface area contributed by atoms with Crippen LogP contribution in [0.5, 0.6) is 0 Å². The van der Waals surface area contributed by atoms with Crippen LogP contribution in [0, 0.1) is 0 Å². The SMILES string of the molecule is CON(C)C(=O)c1cccc(CS(=O)(=O)NC(C)(C)C)c1. The second-order valence-electron chi connectivity index (χ2n) is 5.80. The third kappa shape index (κ3) is 5.82. The maximum atomic E-state index is 12.1. The first-order valence-corrected chi connectivity index (χ1v) is 8.12. The summed E-state index contributed by atoms with van der Waals surface area (Å²) in [7, 11) is -0.585. The summed E-state index contributed by atoms with van der Waals surface area (Å²) in [4.78, 5) is 16.8. The Morgan fingerprint density at radius 1 is 1.33 bits per heavy atom. The number of hydroxylamine groups is 2. The highest BCUT2D eigenvalue weighted by atomic mass is 32.2. The number of carbonyl (C=O) groups is 1. The van der Waals surface area contributed by atoms with Gasteiger partial charge in [0.05, 0.1) is 12.9 Å². The van der Waals surface area contributed by atoms with E-state index in [-0.39, 0.29) is 11.7 Å². The van der Waals surface area contributed by atoms with Gasteiger partial charge in [-0.2, -0.15) is 0 Å². The highest BCUT2D eigenvalue weighted by molar-refractivity contribution is 7.88. The van der Waals surface area contributed by atoms with Crippen LogP contribution in [0.25, 0.3) is 0 Å². The van der Waals surface area contributed by atoms with E-state index in [1.165, 1.54) is 14.2 Å². The van der Waals surface area contributed by atoms with Crippen LogP contribution in [0.1, 0.15) is 36.7 Å². The van der Waals surface area contributed by atoms with Gasteiger partial charge in [0.15, 0.2) is 0 Å². The molecule has 0 saturated heterocycles. The van der Waals surface area contributed by atoms with Crippen molar-refractivity contribution in [2.75, 3.05) is 14.2 Å². The summed E-state index contributed by atoms with van der Waals surface area (Å²) in [6, 6.07) is 6.50. The van der Waals surface area contributed by atoms with Crippen LogP contribution in [-0.2, 0) is 20.6 Å². The first-order chi connectivity index (χ1) is 9.54. The number of amides is 1. The van der Waals surface area contributed by atoms with E-state index in [0.29, 0.717) is 11.1 Å². The van der Waals surface area contributed by atoms with Gasteiger partial charge in [-0.3, -0.25) is 9.63 Å². The Bertz CT molecular complexity index is 606. The zero-order valence-electron chi connectivity index (χ0n) is 13.0. The van der Waals surface area contributed by atoms with Gasteiger partial charge in [-0.25, -0.2) is 18.2 Å². The van der Waals surface area contributed by atoms with Crippen LogP contribution in [-0.4, -0.2) is 39.1 Å². The molecular weight excluding hydrogens is 292 g/mol. The fourth-order valence-electron chi connectivity index (χ4n) is 1.78. The minimum Gasteiger partial charge on any atom is -0.274 e. The average Bonchev–Trinajstić information content (AvgIpc) is 2.33. The van der Waals surface area contributed by atoms with Crippen molar-refractivity contribution in [1.82, 2.24) is 9.79 Å². The maximum Gasteiger partial charge on any atom is 0.277 e. The highest BCUT2D eigenvalue weighted by Crippen LogP contribution is 2.12. The standard InChI is InChI=1S/C14H22N2O4S/c1-14(2,3)15-21(18,19)10-11-7-6-8-12(9-11)13(17)16(4)20-5/h6-9,15H,10H2,1-5H3. The van der Waals surface area contributed by atoms with Gasteiger partial charge in [0.2, 0.25) is 10.0 Å². The Kier molecular flexibility index (Phi) is 5.49. The van der Waals surface area contributed by atoms with Crippen LogP contribution in [0.15, 0.2) is 24.3 Å². The molecule has 1 aromatic carbocycles. The Hall–Kier alpha value is -1.44. The van der Waals surface area contributed by atoms with E-state index in [0.717, 1.165) is 5.06 Å². The molecule has 1 amide bonds. The summed E-state index contributed by atoms with van der Waals surface area (Å²) in [5, 5.41) is 1.08. The van der Waals surface area contributed by atoms with E-state index < -0.39 is 15.6 Å². The molecule has 0 aromatic heterocycles. The van der Waals surface area contributed by atoms with Crippen molar-refractivity contribution in [3.05, 3.63) is 35.4 Å². The first-order valence-electron chi connectivity index (χ1n) is 6.47. The maximum absolute atomic E-state index is 12.1. The molecule has 7 heteroatoms. The molecule has 0 aliphatic carbocycles. The predicted molar refractivity (Wildman–Crippen MR) is 81.1 cm³/mol. The van der Waals surface area contributed by atoms with Crippen LogP contribution in [0.4, 0.5) is 0 Å². The zero-order valence-corrected chi connectivity index (χ0v) is 13.8. The van der Waals surface area contributed by atoms with Crippen LogP contribution < -0.4 is 4.72 Å². The highest BCUT2D eigenvalue weighted by Gasteiger charge is 2.21. The number of carbonyl (C=O) groups excluding carboxylic acids is 1. The zero-order chi connectivity index (χ0) is 16.3. The van der Waals surface area contributed by atoms with E-state index >= 15 is 0 Å². The molecule has 0 radical (unpaired) electrons. The second-order valence-corrected chi connectivity index (χ2v) is 7.52. The molecule has 0 atom stereocenters. The molecule has 6 nitrogen and oxygen atoms in total. The molecule has 0 bridgehead atoms. The predicted octanol–water partition coefficient (Wildman–Crippen LogP) is 1.54. The van der Waals surface area contributed by atoms with Gasteiger partial charge in [-0.15, -0.1) is 0 Å². The number of nitrogens with zero attached hydrogens (tertiary/aromatic N) is 1. The average molecular weight is 314 g/mol. The molecule has 0 fully saturated rings. The van der Waals surface area contributed by atoms with Crippen molar-refractivity contribution in [1.29, 1.82) is 0 Å². The van der Waals surface area contributed by atoms with E-state index in [4.69, 9.17) is 4.84 Å². The van der Waals surface area contributed by atoms with Crippen molar-refractivity contribution in [2.24, 2.45) is 0 Å². The Morgan fingerprint density at radius 3 is 2.48 bits per heavy atom. The molecule has 0 spiro atoms. The van der Waals surface area contributed by atoms with Gasteiger partial charge < -0.3 is 0 Å². The topological polar surface area (TPSA) is 75.7 Å². The van der Waals surface area contributed by atoms with E-state index in [1.807, 2.05) is 0 Å². The van der Waals surface area contributed by atoms with Gasteiger partial charge in [0, 0.05) is 18.2 Å². The summed E-state index contributed by atoms with van der Waals surface area (Å²) in [6.45, 7) is 5.33. The fourth-order valence-corrected chi connectivity index (χ4v) is 3.40. The number of hydrogen-bond acceptors (Lipinski definition) is 4. The lowest BCUT2D eigenvalue weighted by Gasteiger charge is -2.20. The smallest absolute Gasteiger partial charge is 0.274 e. The molecule has 0 aliphatic rings. The van der Waals surface area contributed by atoms with Crippen molar-refractivity contribution >= 4 is 15.9 Å². The molecular formula is C14H22N2O4S. The normalized spacial score (nSPS) is 12.2. The second kappa shape index (κ2) is 6.55. The third-order valence-corrected chi connectivity index (χ3v) is 4.19. The third-order valence-electron chi connectivity index (χ3n) is 2.55. The summed E-state index contributed by atoms with van der Waals surface area (Å²) >= 11 is 0. The lowest BCUT2D eigenvalue weighted by atomic mass is 10.1. The van der Waals surface area contributed by atoms with Crippen molar-refractivity contribution < 1.29 is 18.0 Å². The molecule has 1 N–H and O–H groups in total.